The maximum absolute atomic E-state index is 12.2. The summed E-state index contributed by atoms with van der Waals surface area (Å²) in [7, 11) is 0. The molecule has 0 atom stereocenters. The molecule has 144 valence electrons. The molecule has 1 heterocycles. The highest BCUT2D eigenvalue weighted by molar-refractivity contribution is 7.80. The van der Waals surface area contributed by atoms with E-state index in [0.717, 1.165) is 11.3 Å². The number of hydrogen-bond acceptors (Lipinski definition) is 3. The zero-order valence-corrected chi connectivity index (χ0v) is 17.0. The molecule has 28 heavy (non-hydrogen) atoms. The number of rotatable bonds is 4. The summed E-state index contributed by atoms with van der Waals surface area (Å²) in [6, 6.07) is 18.5. The van der Waals surface area contributed by atoms with Gasteiger partial charge in [0.15, 0.2) is 10.9 Å². The molecule has 0 aliphatic carbocycles. The number of hydrogen-bond donors (Lipinski definition) is 3. The lowest BCUT2D eigenvalue weighted by Crippen LogP contribution is -2.43. The first-order chi connectivity index (χ1) is 13.4. The number of hydrazine groups is 1. The van der Waals surface area contributed by atoms with Gasteiger partial charge < -0.3 is 9.73 Å². The van der Waals surface area contributed by atoms with Crippen LogP contribution in [-0.4, -0.2) is 11.0 Å². The number of amides is 1. The van der Waals surface area contributed by atoms with Crippen LogP contribution in [0.25, 0.3) is 11.3 Å². The van der Waals surface area contributed by atoms with Crippen LogP contribution >= 0.6 is 23.8 Å². The largest absolute Gasteiger partial charge is 0.451 e. The van der Waals surface area contributed by atoms with E-state index in [0.29, 0.717) is 16.7 Å². The van der Waals surface area contributed by atoms with Crippen molar-refractivity contribution in [1.82, 2.24) is 10.9 Å². The molecule has 0 saturated carbocycles. The molecule has 0 saturated heterocycles. The van der Waals surface area contributed by atoms with Gasteiger partial charge in [0.1, 0.15) is 5.76 Å². The van der Waals surface area contributed by atoms with E-state index in [-0.39, 0.29) is 10.9 Å². The summed E-state index contributed by atoms with van der Waals surface area (Å²) in [6.45, 7) is 4.27. The van der Waals surface area contributed by atoms with Gasteiger partial charge >= 0.3 is 5.91 Å². The molecule has 1 amide bonds. The molecular weight excluding hydrogens is 394 g/mol. The Kier molecular flexibility index (Phi) is 6.34. The zero-order valence-electron chi connectivity index (χ0n) is 15.5. The quantitative estimate of drug-likeness (QED) is 0.397. The Morgan fingerprint density at radius 2 is 1.64 bits per heavy atom. The highest BCUT2D eigenvalue weighted by Crippen LogP contribution is 2.23. The number of carbonyl (C=O) groups is 1. The number of nitrogens with one attached hydrogen (secondary N) is 3. The van der Waals surface area contributed by atoms with Crippen molar-refractivity contribution < 1.29 is 9.21 Å². The Bertz CT molecular complexity index is 966. The van der Waals surface area contributed by atoms with Crippen LogP contribution in [-0.2, 0) is 0 Å². The SMILES string of the molecule is CC(C)c1ccc(NC(=S)NNC(=O)c2ccc(-c3ccc(Cl)cc3)o2)cc1. The summed E-state index contributed by atoms with van der Waals surface area (Å²) in [5.74, 6) is 0.776. The summed E-state index contributed by atoms with van der Waals surface area (Å²) < 4.78 is 5.60. The molecular formula is C21H20ClN3O2S. The average molecular weight is 414 g/mol. The van der Waals surface area contributed by atoms with E-state index in [2.05, 4.69) is 30.0 Å². The summed E-state index contributed by atoms with van der Waals surface area (Å²) in [6.07, 6.45) is 0. The van der Waals surface area contributed by atoms with E-state index in [1.165, 1.54) is 5.56 Å². The lowest BCUT2D eigenvalue weighted by Gasteiger charge is -2.12. The molecule has 1 aromatic heterocycles. The number of anilines is 1. The highest BCUT2D eigenvalue weighted by Gasteiger charge is 2.12. The fourth-order valence-corrected chi connectivity index (χ4v) is 2.81. The van der Waals surface area contributed by atoms with Gasteiger partial charge in [-0.05, 0) is 72.2 Å². The molecule has 3 N–H and O–H groups in total. The summed E-state index contributed by atoms with van der Waals surface area (Å²) in [5.41, 5.74) is 8.09. The van der Waals surface area contributed by atoms with Crippen LogP contribution in [0.1, 0.15) is 35.9 Å². The van der Waals surface area contributed by atoms with Crippen molar-refractivity contribution in [2.75, 3.05) is 5.32 Å². The lowest BCUT2D eigenvalue weighted by molar-refractivity contribution is 0.0917. The second-order valence-corrected chi connectivity index (χ2v) is 7.33. The smallest absolute Gasteiger partial charge is 0.305 e. The standard InChI is InChI=1S/C21H20ClN3O2S/c1-13(2)14-5-9-17(10-6-14)23-21(28)25-24-20(26)19-12-11-18(27-19)15-3-7-16(22)8-4-15/h3-13H,1-2H3,(H,24,26)(H2,23,25,28). The number of furan rings is 1. The minimum atomic E-state index is -0.431. The van der Waals surface area contributed by atoms with Gasteiger partial charge in [-0.3, -0.25) is 15.6 Å². The van der Waals surface area contributed by atoms with Crippen molar-refractivity contribution in [3.05, 3.63) is 77.0 Å². The second-order valence-electron chi connectivity index (χ2n) is 6.48. The van der Waals surface area contributed by atoms with Crippen molar-refractivity contribution in [3.63, 3.8) is 0 Å². The van der Waals surface area contributed by atoms with E-state index in [4.69, 9.17) is 28.2 Å². The first-order valence-electron chi connectivity index (χ1n) is 8.75. The van der Waals surface area contributed by atoms with Crippen molar-refractivity contribution in [3.8, 4) is 11.3 Å². The number of halogens is 1. The van der Waals surface area contributed by atoms with Gasteiger partial charge in [-0.25, -0.2) is 0 Å². The average Bonchev–Trinajstić information content (AvgIpc) is 3.17. The van der Waals surface area contributed by atoms with Gasteiger partial charge in [0.25, 0.3) is 0 Å². The molecule has 0 fully saturated rings. The summed E-state index contributed by atoms with van der Waals surface area (Å²) >= 11 is 11.1. The Labute approximate surface area is 174 Å². The van der Waals surface area contributed by atoms with E-state index in [9.17, 15) is 4.79 Å². The Morgan fingerprint density at radius 1 is 0.964 bits per heavy atom. The van der Waals surface area contributed by atoms with Crippen LogP contribution in [0.2, 0.25) is 5.02 Å². The summed E-state index contributed by atoms with van der Waals surface area (Å²) in [5, 5.41) is 3.92. The molecule has 3 rings (SSSR count). The van der Waals surface area contributed by atoms with Crippen molar-refractivity contribution >= 4 is 40.5 Å². The van der Waals surface area contributed by atoms with Gasteiger partial charge in [0.2, 0.25) is 0 Å². The van der Waals surface area contributed by atoms with Gasteiger partial charge in [-0.2, -0.15) is 0 Å². The topological polar surface area (TPSA) is 66.3 Å². The van der Waals surface area contributed by atoms with E-state index < -0.39 is 5.91 Å². The normalized spacial score (nSPS) is 10.6. The van der Waals surface area contributed by atoms with Gasteiger partial charge in [-0.15, -0.1) is 0 Å². The minimum Gasteiger partial charge on any atom is -0.451 e. The molecule has 5 nitrogen and oxygen atoms in total. The molecule has 0 aliphatic heterocycles. The van der Waals surface area contributed by atoms with Gasteiger partial charge in [0, 0.05) is 16.3 Å². The van der Waals surface area contributed by atoms with Crippen LogP contribution in [0.5, 0.6) is 0 Å². The predicted octanol–water partition coefficient (Wildman–Crippen LogP) is 5.35. The third kappa shape index (κ3) is 5.12. The number of benzene rings is 2. The lowest BCUT2D eigenvalue weighted by atomic mass is 10.0. The molecule has 0 unspecified atom stereocenters. The molecule has 0 bridgehead atoms. The third-order valence-corrected chi connectivity index (χ3v) is 4.54. The molecule has 3 aromatic rings. The maximum Gasteiger partial charge on any atom is 0.305 e. The predicted molar refractivity (Wildman–Crippen MR) is 117 cm³/mol. The molecule has 0 radical (unpaired) electrons. The van der Waals surface area contributed by atoms with E-state index in [1.807, 2.05) is 36.4 Å². The second kappa shape index (κ2) is 8.91. The van der Waals surface area contributed by atoms with E-state index in [1.54, 1.807) is 24.3 Å². The van der Waals surface area contributed by atoms with Crippen molar-refractivity contribution in [2.24, 2.45) is 0 Å². The fraction of sp³-hybridized carbons (Fsp3) is 0.143. The third-order valence-electron chi connectivity index (χ3n) is 4.08. The Hall–Kier alpha value is -2.83. The fourth-order valence-electron chi connectivity index (χ4n) is 2.52. The van der Waals surface area contributed by atoms with Crippen molar-refractivity contribution in [1.29, 1.82) is 0 Å². The number of carbonyl (C=O) groups excluding carboxylic acids is 1. The number of thiocarbonyl (C=S) groups is 1. The van der Waals surface area contributed by atoms with Crippen LogP contribution in [0.3, 0.4) is 0 Å². The van der Waals surface area contributed by atoms with Crippen LogP contribution < -0.4 is 16.2 Å². The summed E-state index contributed by atoms with van der Waals surface area (Å²) in [4.78, 5) is 12.2. The van der Waals surface area contributed by atoms with Gasteiger partial charge in [0.05, 0.1) is 0 Å². The Morgan fingerprint density at radius 3 is 2.29 bits per heavy atom. The van der Waals surface area contributed by atoms with E-state index >= 15 is 0 Å². The highest BCUT2D eigenvalue weighted by atomic mass is 35.5. The zero-order chi connectivity index (χ0) is 20.1. The molecule has 0 aliphatic rings. The first kappa shape index (κ1) is 19.9. The minimum absolute atomic E-state index is 0.168. The molecule has 0 spiro atoms. The first-order valence-corrected chi connectivity index (χ1v) is 9.54. The maximum atomic E-state index is 12.2. The molecule has 2 aromatic carbocycles. The van der Waals surface area contributed by atoms with Crippen molar-refractivity contribution in [2.45, 2.75) is 19.8 Å². The van der Waals surface area contributed by atoms with Crippen LogP contribution in [0, 0.1) is 0 Å². The molecule has 7 heteroatoms. The monoisotopic (exact) mass is 413 g/mol. The van der Waals surface area contributed by atoms with Crippen LogP contribution in [0.4, 0.5) is 5.69 Å². The van der Waals surface area contributed by atoms with Gasteiger partial charge in [-0.1, -0.05) is 37.6 Å². The van der Waals surface area contributed by atoms with Crippen LogP contribution in [0.15, 0.2) is 65.1 Å². The Balaban J connectivity index is 1.53.